The first-order valence-electron chi connectivity index (χ1n) is 10.7. The number of aryl methyl sites for hydroxylation is 1. The van der Waals surface area contributed by atoms with Gasteiger partial charge in [-0.1, -0.05) is 18.2 Å². The summed E-state index contributed by atoms with van der Waals surface area (Å²) in [4.78, 5) is 28.6. The fraction of sp³-hybridized carbons (Fsp3) is 0.652. The smallest absolute Gasteiger partial charge is 0.247 e. The normalized spacial score (nSPS) is 36.9. The van der Waals surface area contributed by atoms with E-state index < -0.39 is 0 Å². The van der Waals surface area contributed by atoms with Crippen molar-refractivity contribution in [3.8, 4) is 0 Å². The average Bonchev–Trinajstić information content (AvgIpc) is 3.11. The fourth-order valence-corrected chi connectivity index (χ4v) is 6.89. The van der Waals surface area contributed by atoms with Gasteiger partial charge in [-0.15, -0.1) is 0 Å². The van der Waals surface area contributed by atoms with Crippen molar-refractivity contribution in [3.63, 3.8) is 0 Å². The van der Waals surface area contributed by atoms with Crippen LogP contribution in [0.2, 0.25) is 0 Å². The Balaban J connectivity index is 1.34. The lowest BCUT2D eigenvalue weighted by Gasteiger charge is -2.56. The molecule has 1 N–H and O–H groups in total. The van der Waals surface area contributed by atoms with E-state index in [1.165, 1.54) is 19.3 Å². The van der Waals surface area contributed by atoms with Gasteiger partial charge in [0.25, 0.3) is 0 Å². The average molecular weight is 367 g/mol. The minimum absolute atomic E-state index is 0.0140. The number of nitrogens with one attached hydrogen (secondary N) is 1. The molecular weight excluding hydrogens is 336 g/mol. The zero-order valence-electron chi connectivity index (χ0n) is 16.2. The summed E-state index contributed by atoms with van der Waals surface area (Å²) in [5.74, 6) is 2.54. The third-order valence-corrected chi connectivity index (χ3v) is 7.71. The van der Waals surface area contributed by atoms with Crippen LogP contribution in [-0.4, -0.2) is 29.3 Å². The molecule has 2 amide bonds. The molecule has 6 rings (SSSR count). The predicted molar refractivity (Wildman–Crippen MR) is 105 cm³/mol. The quantitative estimate of drug-likeness (QED) is 0.874. The number of hydrogen-bond acceptors (Lipinski definition) is 2. The Kier molecular flexibility index (Phi) is 4.06. The number of nitrogens with zero attached hydrogens (tertiary/aromatic N) is 1. The molecule has 4 saturated carbocycles. The molecule has 4 bridgehead atoms. The van der Waals surface area contributed by atoms with Crippen molar-refractivity contribution < 1.29 is 9.59 Å². The van der Waals surface area contributed by atoms with Crippen LogP contribution >= 0.6 is 0 Å². The standard InChI is InChI=1S/C23H30N2O2/c1-15-5-2-3-6-19(15)24-21(26)20-7-4-8-25(20)22(27)23-12-16-9-17(13-23)11-18(10-16)14-23/h2-3,5-6,16-18,20H,4,7-14H2,1H3,(H,24,26)/t16?,17?,18?,20-,23?/m1/s1. The topological polar surface area (TPSA) is 49.4 Å². The zero-order chi connectivity index (χ0) is 18.6. The minimum atomic E-state index is -0.301. The number of anilines is 1. The fourth-order valence-electron chi connectivity index (χ4n) is 6.89. The summed E-state index contributed by atoms with van der Waals surface area (Å²) in [5, 5.41) is 3.08. The second kappa shape index (κ2) is 6.35. The maximum Gasteiger partial charge on any atom is 0.247 e. The summed E-state index contributed by atoms with van der Waals surface area (Å²) >= 11 is 0. The summed E-state index contributed by atoms with van der Waals surface area (Å²) in [6.07, 6.45) is 8.94. The Bertz CT molecular complexity index is 736. The third-order valence-electron chi connectivity index (χ3n) is 7.71. The highest BCUT2D eigenvalue weighted by Gasteiger charge is 2.56. The van der Waals surface area contributed by atoms with Crippen LogP contribution in [0.3, 0.4) is 0 Å². The zero-order valence-corrected chi connectivity index (χ0v) is 16.2. The van der Waals surface area contributed by atoms with Crippen LogP contribution in [0, 0.1) is 30.1 Å². The van der Waals surface area contributed by atoms with Crippen molar-refractivity contribution in [1.82, 2.24) is 4.90 Å². The van der Waals surface area contributed by atoms with Crippen LogP contribution in [-0.2, 0) is 9.59 Å². The highest BCUT2D eigenvalue weighted by molar-refractivity contribution is 5.98. The van der Waals surface area contributed by atoms with E-state index in [4.69, 9.17) is 0 Å². The monoisotopic (exact) mass is 366 g/mol. The summed E-state index contributed by atoms with van der Waals surface area (Å²) in [6.45, 7) is 2.75. The van der Waals surface area contributed by atoms with E-state index in [1.807, 2.05) is 36.1 Å². The Morgan fingerprint density at radius 3 is 2.30 bits per heavy atom. The van der Waals surface area contributed by atoms with Crippen LogP contribution in [0.1, 0.15) is 56.9 Å². The molecule has 0 radical (unpaired) electrons. The van der Waals surface area contributed by atoms with Gasteiger partial charge in [-0.3, -0.25) is 9.59 Å². The Morgan fingerprint density at radius 2 is 1.67 bits per heavy atom. The number of hydrogen-bond donors (Lipinski definition) is 1. The number of likely N-dealkylation sites (tertiary alicyclic amines) is 1. The van der Waals surface area contributed by atoms with E-state index >= 15 is 0 Å². The van der Waals surface area contributed by atoms with Gasteiger partial charge in [-0.05, 0) is 87.7 Å². The summed E-state index contributed by atoms with van der Waals surface area (Å²) < 4.78 is 0. The number of rotatable bonds is 3. The first-order chi connectivity index (χ1) is 13.0. The molecular formula is C23H30N2O2. The first kappa shape index (κ1) is 17.3. The van der Waals surface area contributed by atoms with Gasteiger partial charge in [-0.25, -0.2) is 0 Å². The molecule has 5 aliphatic rings. The van der Waals surface area contributed by atoms with Crippen molar-refractivity contribution in [3.05, 3.63) is 29.8 Å². The molecule has 0 aromatic heterocycles. The number of amides is 2. The van der Waals surface area contributed by atoms with Gasteiger partial charge in [0, 0.05) is 12.2 Å². The molecule has 1 aromatic carbocycles. The number of para-hydroxylation sites is 1. The SMILES string of the molecule is Cc1ccccc1NC(=O)[C@H]1CCCN1C(=O)C12CC3CC(CC(C3)C1)C2. The van der Waals surface area contributed by atoms with Crippen LogP contribution in [0.15, 0.2) is 24.3 Å². The van der Waals surface area contributed by atoms with Crippen LogP contribution in [0.4, 0.5) is 5.69 Å². The van der Waals surface area contributed by atoms with E-state index in [2.05, 4.69) is 5.32 Å². The lowest BCUT2D eigenvalue weighted by molar-refractivity contribution is -0.160. The van der Waals surface area contributed by atoms with Gasteiger partial charge in [0.1, 0.15) is 6.04 Å². The molecule has 5 fully saturated rings. The Hall–Kier alpha value is -1.84. The maximum atomic E-state index is 13.7. The molecule has 1 atom stereocenters. The van der Waals surface area contributed by atoms with Gasteiger partial charge in [0.15, 0.2) is 0 Å². The lowest BCUT2D eigenvalue weighted by Crippen LogP contribution is -2.56. The molecule has 27 heavy (non-hydrogen) atoms. The molecule has 4 nitrogen and oxygen atoms in total. The van der Waals surface area contributed by atoms with Crippen molar-refractivity contribution in [2.45, 2.75) is 64.3 Å². The summed E-state index contributed by atoms with van der Waals surface area (Å²) in [7, 11) is 0. The summed E-state index contributed by atoms with van der Waals surface area (Å²) in [6, 6.07) is 7.56. The van der Waals surface area contributed by atoms with E-state index in [0.29, 0.717) is 5.91 Å². The van der Waals surface area contributed by atoms with Crippen LogP contribution in [0.5, 0.6) is 0 Å². The molecule has 1 saturated heterocycles. The van der Waals surface area contributed by atoms with Gasteiger partial charge in [-0.2, -0.15) is 0 Å². The second-order valence-electron chi connectivity index (χ2n) is 9.66. The summed E-state index contributed by atoms with van der Waals surface area (Å²) in [5.41, 5.74) is 1.76. The molecule has 144 valence electrons. The van der Waals surface area contributed by atoms with Crippen molar-refractivity contribution in [2.75, 3.05) is 11.9 Å². The number of carbonyl (C=O) groups excluding carboxylic acids is 2. The van der Waals surface area contributed by atoms with Crippen molar-refractivity contribution in [2.24, 2.45) is 23.2 Å². The van der Waals surface area contributed by atoms with E-state index in [-0.39, 0.29) is 17.4 Å². The van der Waals surface area contributed by atoms with Gasteiger partial charge in [0.05, 0.1) is 5.41 Å². The number of benzene rings is 1. The highest BCUT2D eigenvalue weighted by atomic mass is 16.2. The lowest BCUT2D eigenvalue weighted by atomic mass is 9.49. The van der Waals surface area contributed by atoms with Gasteiger partial charge in [0.2, 0.25) is 11.8 Å². The molecule has 0 unspecified atom stereocenters. The van der Waals surface area contributed by atoms with Gasteiger partial charge >= 0.3 is 0 Å². The predicted octanol–water partition coefficient (Wildman–Crippen LogP) is 4.14. The van der Waals surface area contributed by atoms with E-state index in [1.54, 1.807) is 0 Å². The molecule has 1 aromatic rings. The van der Waals surface area contributed by atoms with Crippen LogP contribution in [0.25, 0.3) is 0 Å². The Morgan fingerprint density at radius 1 is 1.04 bits per heavy atom. The largest absolute Gasteiger partial charge is 0.330 e. The maximum absolute atomic E-state index is 13.7. The molecule has 4 heteroatoms. The first-order valence-corrected chi connectivity index (χ1v) is 10.7. The minimum Gasteiger partial charge on any atom is -0.330 e. The number of carbonyl (C=O) groups is 2. The van der Waals surface area contributed by atoms with Crippen LogP contribution < -0.4 is 5.32 Å². The Labute approximate surface area is 161 Å². The molecule has 4 aliphatic carbocycles. The molecule has 1 aliphatic heterocycles. The molecule has 0 spiro atoms. The van der Waals surface area contributed by atoms with Gasteiger partial charge < -0.3 is 10.2 Å². The van der Waals surface area contributed by atoms with Crippen molar-refractivity contribution in [1.29, 1.82) is 0 Å². The molecule has 1 heterocycles. The van der Waals surface area contributed by atoms with E-state index in [0.717, 1.165) is 67.7 Å². The third kappa shape index (κ3) is 2.88. The second-order valence-corrected chi connectivity index (χ2v) is 9.66. The highest BCUT2D eigenvalue weighted by Crippen LogP contribution is 2.60. The van der Waals surface area contributed by atoms with E-state index in [9.17, 15) is 9.59 Å². The van der Waals surface area contributed by atoms with Crippen molar-refractivity contribution >= 4 is 17.5 Å².